The highest BCUT2D eigenvalue weighted by atomic mass is 79.9. The summed E-state index contributed by atoms with van der Waals surface area (Å²) >= 11 is 5.32. The predicted octanol–water partition coefficient (Wildman–Crippen LogP) is 3.35. The minimum absolute atomic E-state index is 1.38. The molecule has 0 aliphatic carbocycles. The minimum atomic E-state index is -4.19. The maximum atomic E-state index is 10.3. The standard InChI is InChI=1S/CBrF3.CHClF2/c2-1(3,4)5;2-1(3)4/h;1H. The number of hydrogen-bond acceptors (Lipinski definition) is 0. The van der Waals surface area contributed by atoms with Gasteiger partial charge in [-0.2, -0.15) is 22.0 Å². The Morgan fingerprint density at radius 1 is 1.22 bits per heavy atom. The fourth-order valence-electron chi connectivity index (χ4n) is 0. The molecule has 0 radical (unpaired) electrons. The summed E-state index contributed by atoms with van der Waals surface area (Å²) in [6, 6.07) is 0. The van der Waals surface area contributed by atoms with Gasteiger partial charge in [-0.25, -0.2) is 0 Å². The van der Waals surface area contributed by atoms with Crippen molar-refractivity contribution in [3.05, 3.63) is 0 Å². The van der Waals surface area contributed by atoms with Crippen molar-refractivity contribution in [1.29, 1.82) is 0 Å². The van der Waals surface area contributed by atoms with Gasteiger partial charge >= 0.3 is 11.0 Å². The predicted molar refractivity (Wildman–Crippen MR) is 26.8 cm³/mol. The van der Waals surface area contributed by atoms with Gasteiger partial charge in [0.25, 0.3) is 0 Å². The molecule has 0 bridgehead atoms. The molecule has 0 aliphatic rings. The molecule has 0 aromatic heterocycles. The van der Waals surface area contributed by atoms with E-state index in [4.69, 9.17) is 0 Å². The monoisotopic (exact) mass is 234 g/mol. The second kappa shape index (κ2) is 5.22. The van der Waals surface area contributed by atoms with Crippen molar-refractivity contribution >= 4 is 27.5 Å². The van der Waals surface area contributed by atoms with Gasteiger partial charge in [0, 0.05) is 15.9 Å². The van der Waals surface area contributed by atoms with Gasteiger partial charge in [0.1, 0.15) is 0 Å². The highest BCUT2D eigenvalue weighted by Crippen LogP contribution is 2.21. The number of halogens is 7. The molecule has 0 atom stereocenters. The lowest BCUT2D eigenvalue weighted by molar-refractivity contribution is -0.0245. The van der Waals surface area contributed by atoms with Crippen LogP contribution in [0.1, 0.15) is 0 Å². The zero-order valence-electron chi connectivity index (χ0n) is 3.72. The highest BCUT2D eigenvalue weighted by Gasteiger charge is 2.19. The van der Waals surface area contributed by atoms with Gasteiger partial charge in [-0.1, -0.05) is 11.6 Å². The summed E-state index contributed by atoms with van der Waals surface area (Å²) in [6.45, 7) is 0. The molecule has 0 heterocycles. The molecule has 0 aromatic rings. The summed E-state index contributed by atoms with van der Waals surface area (Å²) < 4.78 is 51.0. The molecule has 9 heavy (non-hydrogen) atoms. The molecule has 0 unspecified atom stereocenters. The van der Waals surface area contributed by atoms with Crippen LogP contribution in [-0.4, -0.2) is 11.0 Å². The Morgan fingerprint density at radius 3 is 1.22 bits per heavy atom. The summed E-state index contributed by atoms with van der Waals surface area (Å²) in [5, 5.41) is -4.19. The van der Waals surface area contributed by atoms with E-state index in [1.807, 2.05) is 0 Å². The average Bonchev–Trinajstić information content (AvgIpc) is 1.19. The Kier molecular flexibility index (Phi) is 7.04. The van der Waals surface area contributed by atoms with E-state index in [2.05, 4.69) is 11.6 Å². The summed E-state index contributed by atoms with van der Waals surface area (Å²) in [5.41, 5.74) is 0. The van der Waals surface area contributed by atoms with Crippen molar-refractivity contribution in [2.45, 2.75) is 11.0 Å². The Bertz CT molecular complexity index is 51.7. The van der Waals surface area contributed by atoms with Gasteiger partial charge in [-0.3, -0.25) is 0 Å². The van der Waals surface area contributed by atoms with Gasteiger partial charge in [0.2, 0.25) is 0 Å². The van der Waals surface area contributed by atoms with Crippen LogP contribution >= 0.6 is 27.5 Å². The Morgan fingerprint density at radius 2 is 1.22 bits per heavy atom. The van der Waals surface area contributed by atoms with Crippen LogP contribution in [-0.2, 0) is 0 Å². The fraction of sp³-hybridized carbons (Fsp3) is 1.00. The normalized spacial score (nSPS) is 10.7. The van der Waals surface area contributed by atoms with Gasteiger partial charge < -0.3 is 0 Å². The van der Waals surface area contributed by atoms with Gasteiger partial charge in [-0.05, 0) is 0 Å². The van der Waals surface area contributed by atoms with Crippen molar-refractivity contribution in [2.75, 3.05) is 0 Å². The zero-order chi connectivity index (χ0) is 8.08. The first-order valence-corrected chi connectivity index (χ1v) is 2.64. The lowest BCUT2D eigenvalue weighted by atomic mass is 11.6. The van der Waals surface area contributed by atoms with Crippen LogP contribution in [0.25, 0.3) is 0 Å². The lowest BCUT2D eigenvalue weighted by Gasteiger charge is -1.85. The van der Waals surface area contributed by atoms with E-state index in [9.17, 15) is 22.0 Å². The number of hydrogen-bond donors (Lipinski definition) is 0. The average molecular weight is 235 g/mol. The second-order valence-corrected chi connectivity index (χ2v) is 1.91. The molecular formula is C2HBrClF5. The largest absolute Gasteiger partial charge is 0.448 e. The van der Waals surface area contributed by atoms with Crippen molar-refractivity contribution in [1.82, 2.24) is 0 Å². The van der Waals surface area contributed by atoms with Gasteiger partial charge in [0.05, 0.1) is 0 Å². The van der Waals surface area contributed by atoms with E-state index in [1.54, 1.807) is 0 Å². The van der Waals surface area contributed by atoms with Crippen LogP contribution in [0, 0.1) is 0 Å². The first-order chi connectivity index (χ1) is 3.73. The van der Waals surface area contributed by atoms with Crippen molar-refractivity contribution < 1.29 is 22.0 Å². The number of rotatable bonds is 0. The second-order valence-electron chi connectivity index (χ2n) is 0.676. The summed E-state index contributed by atoms with van der Waals surface area (Å²) in [5.74, 6) is -2.69. The van der Waals surface area contributed by atoms with Crippen molar-refractivity contribution in [3.8, 4) is 0 Å². The first-order valence-electron chi connectivity index (χ1n) is 1.41. The molecular weight excluding hydrogens is 234 g/mol. The van der Waals surface area contributed by atoms with Crippen molar-refractivity contribution in [2.24, 2.45) is 0 Å². The summed E-state index contributed by atoms with van der Waals surface area (Å²) in [6.07, 6.45) is 0. The molecule has 58 valence electrons. The van der Waals surface area contributed by atoms with Gasteiger partial charge in [-0.15, -0.1) is 0 Å². The van der Waals surface area contributed by atoms with Crippen LogP contribution in [0.3, 0.4) is 0 Å². The molecule has 0 spiro atoms. The fourth-order valence-corrected chi connectivity index (χ4v) is 0. The number of alkyl halides is 7. The Labute approximate surface area is 61.1 Å². The maximum absolute atomic E-state index is 10.3. The molecule has 0 amide bonds. The third kappa shape index (κ3) is 1970. The maximum Gasteiger partial charge on any atom is 0.448 e. The zero-order valence-corrected chi connectivity index (χ0v) is 6.07. The lowest BCUT2D eigenvalue weighted by Crippen LogP contribution is -1.88. The SMILES string of the molecule is FC(F)(F)Br.FC(F)Cl. The van der Waals surface area contributed by atoms with Crippen LogP contribution in [0.15, 0.2) is 0 Å². The van der Waals surface area contributed by atoms with E-state index >= 15 is 0 Å². The smallest absolute Gasteiger partial charge is 0.192 e. The Hall–Kier alpha value is 0.420. The Balaban J connectivity index is 0. The van der Waals surface area contributed by atoms with E-state index < -0.39 is 11.0 Å². The van der Waals surface area contributed by atoms with E-state index in [-0.39, 0.29) is 0 Å². The molecule has 0 saturated heterocycles. The quantitative estimate of drug-likeness (QED) is 0.446. The molecule has 0 aromatic carbocycles. The van der Waals surface area contributed by atoms with E-state index in [1.165, 1.54) is 15.9 Å². The summed E-state index contributed by atoms with van der Waals surface area (Å²) in [7, 11) is 0. The highest BCUT2D eigenvalue weighted by molar-refractivity contribution is 9.09. The topological polar surface area (TPSA) is 0 Å². The third-order valence-electron chi connectivity index (χ3n) is 0. The third-order valence-corrected chi connectivity index (χ3v) is 0. The van der Waals surface area contributed by atoms with Crippen molar-refractivity contribution in [3.63, 3.8) is 0 Å². The van der Waals surface area contributed by atoms with Crippen LogP contribution in [0.4, 0.5) is 22.0 Å². The molecule has 0 rings (SSSR count). The van der Waals surface area contributed by atoms with E-state index in [0.717, 1.165) is 0 Å². The van der Waals surface area contributed by atoms with Crippen LogP contribution < -0.4 is 0 Å². The molecule has 0 saturated carbocycles. The van der Waals surface area contributed by atoms with E-state index in [0.29, 0.717) is 0 Å². The first kappa shape index (κ1) is 12.1. The molecule has 0 fully saturated rings. The minimum Gasteiger partial charge on any atom is -0.192 e. The van der Waals surface area contributed by atoms with Gasteiger partial charge in [0.15, 0.2) is 0 Å². The van der Waals surface area contributed by atoms with Crippen LogP contribution in [0.2, 0.25) is 0 Å². The summed E-state index contributed by atoms with van der Waals surface area (Å²) in [4.78, 5) is 0. The molecule has 7 heteroatoms. The molecule has 0 nitrogen and oxygen atoms in total. The molecule has 0 N–H and O–H groups in total. The van der Waals surface area contributed by atoms with Crippen LogP contribution in [0.5, 0.6) is 0 Å². The molecule has 0 aliphatic heterocycles.